The first-order valence-electron chi connectivity index (χ1n) is 17.0. The predicted molar refractivity (Wildman–Crippen MR) is 179 cm³/mol. The molecule has 0 unspecified atom stereocenters. The van der Waals surface area contributed by atoms with Gasteiger partial charge in [0, 0.05) is 50.4 Å². The zero-order valence-electron chi connectivity index (χ0n) is 30.3. The Morgan fingerprint density at radius 2 is 1.60 bits per heavy atom. The van der Waals surface area contributed by atoms with Gasteiger partial charge in [0.1, 0.15) is 0 Å². The van der Waals surface area contributed by atoms with Crippen molar-refractivity contribution in [2.24, 2.45) is 0 Å². The van der Waals surface area contributed by atoms with Crippen molar-refractivity contribution in [3.05, 3.63) is 150 Å². The molecule has 227 valence electrons. The summed E-state index contributed by atoms with van der Waals surface area (Å²) in [7, 11) is 0. The molecule has 0 bridgehead atoms. The van der Waals surface area contributed by atoms with Crippen LogP contribution in [0.5, 0.6) is 0 Å². The summed E-state index contributed by atoms with van der Waals surface area (Å²) in [6, 6.07) is 38.2. The van der Waals surface area contributed by atoms with Gasteiger partial charge in [-0.05, 0) is 71.8 Å². The van der Waals surface area contributed by atoms with Crippen LogP contribution in [0.2, 0.25) is 0 Å². The molecule has 4 heterocycles. The fourth-order valence-corrected chi connectivity index (χ4v) is 4.90. The number of aromatic nitrogens is 3. The predicted octanol–water partition coefficient (Wildman–Crippen LogP) is 9.78. The topological polar surface area (TPSA) is 51.8 Å². The maximum atomic E-state index is 8.75. The van der Waals surface area contributed by atoms with Crippen molar-refractivity contribution in [3.8, 4) is 22.5 Å². The zero-order valence-corrected chi connectivity index (χ0v) is 27.7. The number of pyridine rings is 3. The van der Waals surface area contributed by atoms with Crippen molar-refractivity contribution in [1.82, 2.24) is 15.0 Å². The molecule has 1 radical (unpaired) electrons. The molecule has 0 amide bonds. The van der Waals surface area contributed by atoms with Crippen LogP contribution in [0.1, 0.15) is 50.0 Å². The SMILES string of the molecule is [2H]C([2H])([2H])c1ccc2c(n1)oc1c(-c3cc(CC([2H])([2H])c4ccc(C(C)(C)C)cc4)ccn3)[c-]ccc12.[Ir].[c-]1ccccc1-c1ccccn1. The van der Waals surface area contributed by atoms with E-state index in [2.05, 4.69) is 47.9 Å². The van der Waals surface area contributed by atoms with Crippen LogP contribution in [0.25, 0.3) is 44.6 Å². The molecule has 7 aromatic rings. The average Bonchev–Trinajstić information content (AvgIpc) is 3.47. The van der Waals surface area contributed by atoms with E-state index in [0.29, 0.717) is 27.8 Å². The summed E-state index contributed by atoms with van der Waals surface area (Å²) in [5.74, 6) is 0. The van der Waals surface area contributed by atoms with Gasteiger partial charge in [0.2, 0.25) is 5.71 Å². The van der Waals surface area contributed by atoms with Crippen LogP contribution in [0.4, 0.5) is 0 Å². The molecule has 4 aromatic heterocycles. The first kappa shape index (κ1) is 25.8. The zero-order chi connectivity index (χ0) is 34.8. The Bertz CT molecular complexity index is 2160. The summed E-state index contributed by atoms with van der Waals surface area (Å²) < 4.78 is 46.4. The molecule has 0 saturated carbocycles. The van der Waals surface area contributed by atoms with Crippen LogP contribution in [0.3, 0.4) is 0 Å². The van der Waals surface area contributed by atoms with Crippen LogP contribution >= 0.6 is 0 Å². The van der Waals surface area contributed by atoms with E-state index in [1.807, 2.05) is 84.9 Å². The minimum atomic E-state index is -2.33. The number of hydrogen-bond donors (Lipinski definition) is 0. The summed E-state index contributed by atoms with van der Waals surface area (Å²) >= 11 is 0. The molecule has 3 aromatic carbocycles. The second-order valence-corrected chi connectivity index (χ2v) is 11.5. The molecule has 5 heteroatoms. The second kappa shape index (κ2) is 14.1. The first-order valence-corrected chi connectivity index (χ1v) is 14.5. The van der Waals surface area contributed by atoms with E-state index in [0.717, 1.165) is 27.8 Å². The molecule has 0 spiro atoms. The normalized spacial score (nSPS) is 13.4. The molecule has 0 saturated heterocycles. The van der Waals surface area contributed by atoms with Gasteiger partial charge in [-0.25, -0.2) is 4.98 Å². The van der Waals surface area contributed by atoms with E-state index >= 15 is 0 Å². The standard InChI is InChI=1S/C29H27N2O.C11H8N.Ir/c1-19-8-15-24-23-6-5-7-25(27(23)32-28(24)31-19)26-18-21(16-17-30-26)10-9-20-11-13-22(14-12-20)29(2,3)4;1-2-6-10(7-3-1)11-8-4-5-9-12-11;/h5-6,8,11-18H,9-10H2,1-4H3;1-6,8-9H;/q2*-1;/i1D3,9D2;;. The second-order valence-electron chi connectivity index (χ2n) is 11.5. The molecule has 0 aliphatic carbocycles. The minimum absolute atomic E-state index is 0. The third-order valence-corrected chi connectivity index (χ3v) is 7.28. The van der Waals surface area contributed by atoms with Crippen LogP contribution in [-0.2, 0) is 38.3 Å². The van der Waals surface area contributed by atoms with Gasteiger partial charge >= 0.3 is 0 Å². The van der Waals surface area contributed by atoms with Crippen LogP contribution < -0.4 is 0 Å². The van der Waals surface area contributed by atoms with Crippen molar-refractivity contribution in [1.29, 1.82) is 0 Å². The number of aryl methyl sites for hydroxylation is 3. The Balaban J connectivity index is 0.000000315. The van der Waals surface area contributed by atoms with Gasteiger partial charge in [0.15, 0.2) is 0 Å². The summed E-state index contributed by atoms with van der Waals surface area (Å²) in [6.45, 7) is 4.08. The monoisotopic (exact) mass is 771 g/mol. The first-order chi connectivity index (χ1) is 23.3. The van der Waals surface area contributed by atoms with E-state index in [1.165, 1.54) is 6.07 Å². The Morgan fingerprint density at radius 3 is 2.33 bits per heavy atom. The van der Waals surface area contributed by atoms with Crippen LogP contribution in [-0.4, -0.2) is 15.0 Å². The summed E-state index contributed by atoms with van der Waals surface area (Å²) in [5.41, 5.74) is 6.53. The average molecular weight is 771 g/mol. The molecule has 4 nitrogen and oxygen atoms in total. The Morgan fingerprint density at radius 1 is 0.778 bits per heavy atom. The van der Waals surface area contributed by atoms with Crippen molar-refractivity contribution in [2.75, 3.05) is 0 Å². The van der Waals surface area contributed by atoms with Gasteiger partial charge in [-0.15, -0.1) is 54.1 Å². The largest absolute Gasteiger partial charge is 0.486 e. The molecule has 0 aliphatic heterocycles. The van der Waals surface area contributed by atoms with Crippen molar-refractivity contribution in [2.45, 2.75) is 45.8 Å². The van der Waals surface area contributed by atoms with Crippen molar-refractivity contribution >= 4 is 22.1 Å². The Kier molecular flexibility index (Phi) is 8.10. The van der Waals surface area contributed by atoms with Gasteiger partial charge in [-0.1, -0.05) is 79.7 Å². The molecule has 0 fully saturated rings. The Labute approximate surface area is 286 Å². The van der Waals surface area contributed by atoms with Crippen molar-refractivity contribution < 1.29 is 31.4 Å². The van der Waals surface area contributed by atoms with E-state index in [-0.39, 0.29) is 43.3 Å². The molecule has 45 heavy (non-hydrogen) atoms. The fourth-order valence-electron chi connectivity index (χ4n) is 4.90. The number of benzene rings is 3. The van der Waals surface area contributed by atoms with E-state index in [1.54, 1.807) is 24.5 Å². The molecule has 0 N–H and O–H groups in total. The van der Waals surface area contributed by atoms with Gasteiger partial charge in [0.05, 0.1) is 5.58 Å². The van der Waals surface area contributed by atoms with E-state index in [9.17, 15) is 0 Å². The molecular weight excluding hydrogens is 731 g/mol. The fraction of sp³-hybridized carbons (Fsp3) is 0.175. The number of furan rings is 1. The maximum Gasteiger partial charge on any atom is 0.216 e. The number of rotatable bonds is 5. The quantitative estimate of drug-likeness (QED) is 0.164. The van der Waals surface area contributed by atoms with Gasteiger partial charge < -0.3 is 14.4 Å². The number of nitrogens with zero attached hydrogens (tertiary/aromatic N) is 3. The van der Waals surface area contributed by atoms with E-state index < -0.39 is 13.2 Å². The smallest absolute Gasteiger partial charge is 0.216 e. The summed E-state index contributed by atoms with van der Waals surface area (Å²) in [5, 5.41) is 1.50. The minimum Gasteiger partial charge on any atom is -0.486 e. The van der Waals surface area contributed by atoms with Gasteiger partial charge in [-0.2, -0.15) is 0 Å². The third kappa shape index (κ3) is 7.62. The maximum absolute atomic E-state index is 8.75. The summed E-state index contributed by atoms with van der Waals surface area (Å²) in [6.07, 6.45) is 2.05. The number of hydrogen-bond acceptors (Lipinski definition) is 4. The number of fused-ring (bicyclic) bond motifs is 3. The summed E-state index contributed by atoms with van der Waals surface area (Å²) in [4.78, 5) is 12.9. The van der Waals surface area contributed by atoms with Crippen LogP contribution in [0, 0.1) is 19.0 Å². The van der Waals surface area contributed by atoms with Crippen LogP contribution in [0.15, 0.2) is 120 Å². The van der Waals surface area contributed by atoms with E-state index in [4.69, 9.17) is 11.3 Å². The van der Waals surface area contributed by atoms with Crippen molar-refractivity contribution in [3.63, 3.8) is 0 Å². The molecule has 0 aliphatic rings. The van der Waals surface area contributed by atoms with Gasteiger partial charge in [0.25, 0.3) is 0 Å². The third-order valence-electron chi connectivity index (χ3n) is 7.28. The molecule has 0 atom stereocenters. The van der Waals surface area contributed by atoms with Gasteiger partial charge in [-0.3, -0.25) is 0 Å². The molecular formula is C40H35IrN3O-2. The Hall–Kier alpha value is -4.44. The molecule has 7 rings (SSSR count).